The molecule has 3 aromatic heterocycles. The standard InChI is InChI=1S/C35H40FN5O3S/c1-38(2)13-14-39(3)26-10-9-25(37-19-26)16-22-15-23(20-40(4)34(22)43)29-17-24(36)18-31(30(29)21-42)41-12-11-28-27-7-5-6-8-32(27)45-33(28)35(41)44/h9-10,15,17-20,42H,5-8,11-14,16,21H2,1-4H3. The predicted molar refractivity (Wildman–Crippen MR) is 178 cm³/mol. The summed E-state index contributed by atoms with van der Waals surface area (Å²) in [5.41, 5.74) is 6.45. The summed E-state index contributed by atoms with van der Waals surface area (Å²) in [6, 6.07) is 8.39. The van der Waals surface area contributed by atoms with Crippen LogP contribution in [0.2, 0.25) is 0 Å². The summed E-state index contributed by atoms with van der Waals surface area (Å²) in [6.45, 7) is 1.82. The maximum atomic E-state index is 15.3. The summed E-state index contributed by atoms with van der Waals surface area (Å²) < 4.78 is 16.8. The summed E-state index contributed by atoms with van der Waals surface area (Å²) in [5, 5.41) is 10.6. The minimum absolute atomic E-state index is 0.134. The zero-order valence-corrected chi connectivity index (χ0v) is 27.2. The van der Waals surface area contributed by atoms with Crippen molar-refractivity contribution in [3.05, 3.63) is 96.6 Å². The van der Waals surface area contributed by atoms with Gasteiger partial charge < -0.3 is 24.4 Å². The summed E-state index contributed by atoms with van der Waals surface area (Å²) in [4.78, 5) is 39.6. The molecular weight excluding hydrogens is 589 g/mol. The third kappa shape index (κ3) is 6.19. The number of pyridine rings is 2. The van der Waals surface area contributed by atoms with Gasteiger partial charge in [-0.1, -0.05) is 0 Å². The van der Waals surface area contributed by atoms with Gasteiger partial charge in [0, 0.05) is 68.0 Å². The molecule has 4 aromatic rings. The van der Waals surface area contributed by atoms with Gasteiger partial charge in [-0.2, -0.15) is 0 Å². The van der Waals surface area contributed by atoms with E-state index < -0.39 is 5.82 Å². The largest absolute Gasteiger partial charge is 0.392 e. The van der Waals surface area contributed by atoms with Crippen LogP contribution in [0.3, 0.4) is 0 Å². The van der Waals surface area contributed by atoms with E-state index in [1.807, 2.05) is 39.5 Å². The number of aliphatic hydroxyl groups excluding tert-OH is 1. The Bertz CT molecular complexity index is 1800. The summed E-state index contributed by atoms with van der Waals surface area (Å²) in [6.07, 6.45) is 8.80. The van der Waals surface area contributed by atoms with E-state index in [0.29, 0.717) is 47.3 Å². The lowest BCUT2D eigenvalue weighted by Gasteiger charge is -2.30. The van der Waals surface area contributed by atoms with Crippen molar-refractivity contribution < 1.29 is 14.3 Å². The highest BCUT2D eigenvalue weighted by Gasteiger charge is 2.33. The third-order valence-corrected chi connectivity index (χ3v) is 10.3. The van der Waals surface area contributed by atoms with Crippen LogP contribution < -0.4 is 15.4 Å². The van der Waals surface area contributed by atoms with Crippen LogP contribution in [0.25, 0.3) is 11.1 Å². The van der Waals surface area contributed by atoms with E-state index in [9.17, 15) is 14.7 Å². The molecule has 10 heteroatoms. The molecule has 1 aliphatic carbocycles. The Hall–Kier alpha value is -3.86. The molecule has 6 rings (SSSR count). The average molecular weight is 630 g/mol. The Morgan fingerprint density at radius 1 is 1.02 bits per heavy atom. The number of nitrogens with zero attached hydrogens (tertiary/aromatic N) is 5. The van der Waals surface area contributed by atoms with E-state index in [2.05, 4.69) is 14.8 Å². The molecule has 0 bridgehead atoms. The molecule has 4 heterocycles. The first kappa shape index (κ1) is 31.1. The van der Waals surface area contributed by atoms with Gasteiger partial charge in [-0.05, 0) is 98.8 Å². The second kappa shape index (κ2) is 12.9. The van der Waals surface area contributed by atoms with Crippen molar-refractivity contribution in [2.45, 2.75) is 45.1 Å². The Balaban J connectivity index is 1.32. The van der Waals surface area contributed by atoms with Crippen molar-refractivity contribution in [2.75, 3.05) is 50.6 Å². The molecule has 8 nitrogen and oxygen atoms in total. The molecule has 0 fully saturated rings. The molecule has 236 valence electrons. The lowest BCUT2D eigenvalue weighted by molar-refractivity contribution is 0.0984. The number of anilines is 2. The van der Waals surface area contributed by atoms with Crippen LogP contribution in [0.5, 0.6) is 0 Å². The first-order valence-electron chi connectivity index (χ1n) is 15.5. The zero-order valence-electron chi connectivity index (χ0n) is 26.4. The molecule has 0 saturated carbocycles. The fourth-order valence-corrected chi connectivity index (χ4v) is 7.90. The molecule has 0 saturated heterocycles. The second-order valence-corrected chi connectivity index (χ2v) is 13.5. The van der Waals surface area contributed by atoms with Gasteiger partial charge in [-0.25, -0.2) is 4.39 Å². The molecule has 1 amide bonds. The quantitative estimate of drug-likeness (QED) is 0.286. The topological polar surface area (TPSA) is 81.9 Å². The average Bonchev–Trinajstić information content (AvgIpc) is 3.42. The highest BCUT2D eigenvalue weighted by molar-refractivity contribution is 7.14. The normalized spacial score (nSPS) is 14.6. The molecule has 1 N–H and O–H groups in total. The highest BCUT2D eigenvalue weighted by atomic mass is 32.1. The van der Waals surface area contributed by atoms with Crippen molar-refractivity contribution in [3.63, 3.8) is 0 Å². The van der Waals surface area contributed by atoms with E-state index in [1.54, 1.807) is 35.5 Å². The molecule has 1 aromatic carbocycles. The first-order chi connectivity index (χ1) is 21.6. The van der Waals surface area contributed by atoms with Gasteiger partial charge in [-0.15, -0.1) is 11.3 Å². The van der Waals surface area contributed by atoms with E-state index in [0.717, 1.165) is 60.6 Å². The van der Waals surface area contributed by atoms with Gasteiger partial charge in [0.25, 0.3) is 11.5 Å². The maximum absolute atomic E-state index is 15.3. The molecule has 0 radical (unpaired) electrons. The highest BCUT2D eigenvalue weighted by Crippen LogP contribution is 2.41. The Morgan fingerprint density at radius 3 is 2.56 bits per heavy atom. The Kier molecular flexibility index (Phi) is 8.90. The van der Waals surface area contributed by atoms with Gasteiger partial charge in [0.05, 0.1) is 29.1 Å². The van der Waals surface area contributed by atoms with Crippen LogP contribution in [-0.4, -0.2) is 66.2 Å². The molecule has 1 aliphatic heterocycles. The number of aryl methyl sites for hydroxylation is 2. The number of aliphatic hydroxyl groups is 1. The molecule has 0 unspecified atom stereocenters. The number of likely N-dealkylation sites (N-methyl/N-ethyl adjacent to an activating group) is 2. The Morgan fingerprint density at radius 2 is 1.82 bits per heavy atom. The number of fused-ring (bicyclic) bond motifs is 3. The monoisotopic (exact) mass is 629 g/mol. The van der Waals surface area contributed by atoms with Crippen LogP contribution in [0.1, 0.15) is 55.3 Å². The number of carbonyl (C=O) groups is 1. The SMILES string of the molecule is CN(C)CCN(C)c1ccc(Cc2cc(-c3cc(F)cc(N4CCc5c(sc6c5CCCC6)C4=O)c3CO)cn(C)c2=O)nc1. The van der Waals surface area contributed by atoms with Crippen LogP contribution >= 0.6 is 11.3 Å². The summed E-state index contributed by atoms with van der Waals surface area (Å²) in [5.74, 6) is -0.641. The molecule has 45 heavy (non-hydrogen) atoms. The predicted octanol–water partition coefficient (Wildman–Crippen LogP) is 4.81. The Labute approximate surface area is 267 Å². The lowest BCUT2D eigenvalue weighted by atomic mass is 9.91. The lowest BCUT2D eigenvalue weighted by Crippen LogP contribution is -2.37. The van der Waals surface area contributed by atoms with E-state index >= 15 is 4.39 Å². The number of thiophene rings is 1. The second-order valence-electron chi connectivity index (χ2n) is 12.4. The summed E-state index contributed by atoms with van der Waals surface area (Å²) >= 11 is 1.58. The van der Waals surface area contributed by atoms with Crippen molar-refractivity contribution in [3.8, 4) is 11.1 Å². The van der Waals surface area contributed by atoms with Gasteiger partial charge in [0.2, 0.25) is 0 Å². The van der Waals surface area contributed by atoms with Crippen LogP contribution in [0.4, 0.5) is 15.8 Å². The molecule has 0 spiro atoms. The van der Waals surface area contributed by atoms with E-state index in [4.69, 9.17) is 0 Å². The van der Waals surface area contributed by atoms with E-state index in [1.165, 1.54) is 27.1 Å². The maximum Gasteiger partial charge on any atom is 0.268 e. The fourth-order valence-electron chi connectivity index (χ4n) is 6.51. The van der Waals surface area contributed by atoms with E-state index in [-0.39, 0.29) is 18.1 Å². The first-order valence-corrected chi connectivity index (χ1v) is 16.4. The van der Waals surface area contributed by atoms with Crippen LogP contribution in [-0.2, 0) is 39.3 Å². The smallest absolute Gasteiger partial charge is 0.268 e. The molecule has 0 atom stereocenters. The number of benzene rings is 1. The van der Waals surface area contributed by atoms with Gasteiger partial charge in [0.15, 0.2) is 0 Å². The molecule has 2 aliphatic rings. The number of carbonyl (C=O) groups excluding carboxylic acids is 1. The van der Waals surface area contributed by atoms with Gasteiger partial charge >= 0.3 is 0 Å². The van der Waals surface area contributed by atoms with Gasteiger partial charge in [0.1, 0.15) is 5.82 Å². The third-order valence-electron chi connectivity index (χ3n) is 9.02. The number of hydrogen-bond donors (Lipinski definition) is 1. The number of hydrogen-bond acceptors (Lipinski definition) is 7. The number of aromatic nitrogens is 2. The summed E-state index contributed by atoms with van der Waals surface area (Å²) in [7, 11) is 7.76. The number of halogens is 1. The van der Waals surface area contributed by atoms with Crippen molar-refractivity contribution in [2.24, 2.45) is 7.05 Å². The minimum atomic E-state index is -0.507. The van der Waals surface area contributed by atoms with Crippen LogP contribution in [0.15, 0.2) is 47.5 Å². The fraction of sp³-hybridized carbons (Fsp3) is 0.400. The van der Waals surface area contributed by atoms with Crippen LogP contribution in [0, 0.1) is 5.82 Å². The zero-order chi connectivity index (χ0) is 31.8. The van der Waals surface area contributed by atoms with Crippen molar-refractivity contribution in [1.29, 1.82) is 0 Å². The minimum Gasteiger partial charge on any atom is -0.392 e. The van der Waals surface area contributed by atoms with Gasteiger partial charge in [-0.3, -0.25) is 14.6 Å². The van der Waals surface area contributed by atoms with Crippen molar-refractivity contribution in [1.82, 2.24) is 14.5 Å². The van der Waals surface area contributed by atoms with Crippen molar-refractivity contribution >= 4 is 28.6 Å². The molecular formula is C35H40FN5O3S. The number of amides is 1. The number of rotatable bonds is 9.